The van der Waals surface area contributed by atoms with E-state index in [9.17, 15) is 13.2 Å². The molecular weight excluding hydrogens is 323 g/mol. The Bertz CT molecular complexity index is 446. The van der Waals surface area contributed by atoms with E-state index in [1.807, 2.05) is 13.8 Å². The third kappa shape index (κ3) is 4.35. The summed E-state index contributed by atoms with van der Waals surface area (Å²) in [5.74, 6) is -0.0859. The van der Waals surface area contributed by atoms with Gasteiger partial charge in [-0.25, -0.2) is 4.98 Å². The number of hydrogen-bond acceptors (Lipinski definition) is 3. The van der Waals surface area contributed by atoms with Gasteiger partial charge >= 0.3 is 6.18 Å². The Morgan fingerprint density at radius 1 is 1.37 bits per heavy atom. The third-order valence-corrected chi connectivity index (χ3v) is 3.15. The quantitative estimate of drug-likeness (QED) is 0.915. The van der Waals surface area contributed by atoms with Gasteiger partial charge in [-0.2, -0.15) is 13.2 Å². The van der Waals surface area contributed by atoms with E-state index in [1.54, 1.807) is 7.05 Å². The minimum absolute atomic E-state index is 0.0859. The first-order valence-corrected chi connectivity index (χ1v) is 6.50. The van der Waals surface area contributed by atoms with Crippen LogP contribution >= 0.6 is 15.9 Å². The summed E-state index contributed by atoms with van der Waals surface area (Å²) in [6.07, 6.45) is -3.08. The number of pyridine rings is 1. The Hall–Kier alpha value is -0.820. The second-order valence-electron chi connectivity index (χ2n) is 5.25. The highest BCUT2D eigenvalue weighted by atomic mass is 79.9. The van der Waals surface area contributed by atoms with E-state index in [1.165, 1.54) is 11.1 Å². The normalized spacial score (nSPS) is 12.6. The first kappa shape index (κ1) is 16.2. The van der Waals surface area contributed by atoms with Crippen LogP contribution in [-0.2, 0) is 6.18 Å². The first-order chi connectivity index (χ1) is 8.57. The van der Waals surface area contributed by atoms with Gasteiger partial charge in [-0.1, -0.05) is 13.8 Å². The molecule has 0 saturated heterocycles. The Kier molecular flexibility index (Phi) is 4.84. The molecule has 0 bridgehead atoms. The van der Waals surface area contributed by atoms with E-state index in [4.69, 9.17) is 5.73 Å². The maximum absolute atomic E-state index is 13.0. The highest BCUT2D eigenvalue weighted by Gasteiger charge is 2.36. The number of rotatable bonds is 4. The highest BCUT2D eigenvalue weighted by molar-refractivity contribution is 9.10. The van der Waals surface area contributed by atoms with Crippen LogP contribution in [0.15, 0.2) is 16.7 Å². The van der Waals surface area contributed by atoms with Crippen molar-refractivity contribution in [3.63, 3.8) is 0 Å². The van der Waals surface area contributed by atoms with Crippen molar-refractivity contribution in [2.45, 2.75) is 20.0 Å². The van der Waals surface area contributed by atoms with Crippen molar-refractivity contribution in [2.75, 3.05) is 25.0 Å². The molecule has 0 aromatic carbocycles. The average Bonchev–Trinajstić information content (AvgIpc) is 2.27. The van der Waals surface area contributed by atoms with Crippen LogP contribution in [0.4, 0.5) is 19.0 Å². The lowest BCUT2D eigenvalue weighted by Gasteiger charge is -2.31. The molecule has 1 aromatic heterocycles. The fourth-order valence-corrected chi connectivity index (χ4v) is 2.06. The van der Waals surface area contributed by atoms with Gasteiger partial charge in [0.2, 0.25) is 0 Å². The molecule has 2 N–H and O–H groups in total. The predicted octanol–water partition coefficient (Wildman–Crippen LogP) is 3.28. The van der Waals surface area contributed by atoms with Gasteiger partial charge in [0.15, 0.2) is 0 Å². The molecule has 1 heterocycles. The lowest BCUT2D eigenvalue weighted by atomic mass is 9.93. The molecule has 0 amide bonds. The average molecular weight is 340 g/mol. The van der Waals surface area contributed by atoms with Crippen LogP contribution in [0.25, 0.3) is 0 Å². The van der Waals surface area contributed by atoms with E-state index in [-0.39, 0.29) is 11.2 Å². The standard InChI is InChI=1S/C12H17BrF3N3/c1-11(2,6-17)7-19(3)10-9(12(14,15)16)4-8(13)5-18-10/h4-5H,6-7,17H2,1-3H3. The molecule has 0 aliphatic carbocycles. The Morgan fingerprint density at radius 3 is 2.42 bits per heavy atom. The molecule has 0 aliphatic heterocycles. The first-order valence-electron chi connectivity index (χ1n) is 5.71. The summed E-state index contributed by atoms with van der Waals surface area (Å²) in [5, 5.41) is 0. The molecule has 0 aliphatic rings. The monoisotopic (exact) mass is 339 g/mol. The van der Waals surface area contributed by atoms with Gasteiger partial charge < -0.3 is 10.6 Å². The second-order valence-corrected chi connectivity index (χ2v) is 6.16. The highest BCUT2D eigenvalue weighted by Crippen LogP contribution is 2.37. The molecular formula is C12H17BrF3N3. The van der Waals surface area contributed by atoms with E-state index < -0.39 is 11.7 Å². The number of nitrogens with two attached hydrogens (primary N) is 1. The summed E-state index contributed by atoms with van der Waals surface area (Å²) in [5.41, 5.74) is 4.57. The van der Waals surface area contributed by atoms with Crippen molar-refractivity contribution in [3.05, 3.63) is 22.3 Å². The molecule has 1 aromatic rings. The van der Waals surface area contributed by atoms with Crippen LogP contribution in [0.2, 0.25) is 0 Å². The van der Waals surface area contributed by atoms with Gasteiger partial charge in [-0.15, -0.1) is 0 Å². The Morgan fingerprint density at radius 2 is 1.95 bits per heavy atom. The zero-order chi connectivity index (χ0) is 14.8. The number of halogens is 4. The largest absolute Gasteiger partial charge is 0.419 e. The van der Waals surface area contributed by atoms with Gasteiger partial charge in [0, 0.05) is 24.3 Å². The number of nitrogens with zero attached hydrogens (tertiary/aromatic N) is 2. The SMILES string of the molecule is CN(CC(C)(C)CN)c1ncc(Br)cc1C(F)(F)F. The van der Waals surface area contributed by atoms with E-state index in [0.29, 0.717) is 17.6 Å². The number of anilines is 1. The molecule has 0 fully saturated rings. The zero-order valence-corrected chi connectivity index (χ0v) is 12.6. The second kappa shape index (κ2) is 5.66. The summed E-state index contributed by atoms with van der Waals surface area (Å²) >= 11 is 3.01. The summed E-state index contributed by atoms with van der Waals surface area (Å²) in [6.45, 7) is 4.57. The van der Waals surface area contributed by atoms with Crippen LogP contribution in [0, 0.1) is 5.41 Å². The van der Waals surface area contributed by atoms with Crippen molar-refractivity contribution < 1.29 is 13.2 Å². The topological polar surface area (TPSA) is 42.1 Å². The zero-order valence-electron chi connectivity index (χ0n) is 11.1. The summed E-state index contributed by atoms with van der Waals surface area (Å²) in [6, 6.07) is 1.04. The maximum atomic E-state index is 13.0. The van der Waals surface area contributed by atoms with E-state index in [0.717, 1.165) is 6.07 Å². The number of alkyl halides is 3. The number of aromatic nitrogens is 1. The van der Waals surface area contributed by atoms with Crippen molar-refractivity contribution in [1.29, 1.82) is 0 Å². The number of hydrogen-bond donors (Lipinski definition) is 1. The van der Waals surface area contributed by atoms with Gasteiger partial charge in [0.1, 0.15) is 5.82 Å². The van der Waals surface area contributed by atoms with Gasteiger partial charge in [-0.3, -0.25) is 0 Å². The minimum Gasteiger partial charge on any atom is -0.359 e. The maximum Gasteiger partial charge on any atom is 0.419 e. The van der Waals surface area contributed by atoms with Gasteiger partial charge in [0.05, 0.1) is 5.56 Å². The summed E-state index contributed by atoms with van der Waals surface area (Å²) in [7, 11) is 1.59. The Balaban J connectivity index is 3.13. The molecule has 0 unspecified atom stereocenters. The molecule has 1 rings (SSSR count). The molecule has 0 saturated carbocycles. The Labute approximate surface area is 119 Å². The van der Waals surface area contributed by atoms with Crippen LogP contribution in [0.3, 0.4) is 0 Å². The van der Waals surface area contributed by atoms with Crippen molar-refractivity contribution >= 4 is 21.7 Å². The lowest BCUT2D eigenvalue weighted by molar-refractivity contribution is -0.137. The molecule has 7 heteroatoms. The van der Waals surface area contributed by atoms with Crippen LogP contribution in [0.5, 0.6) is 0 Å². The van der Waals surface area contributed by atoms with Crippen molar-refractivity contribution in [2.24, 2.45) is 11.1 Å². The van der Waals surface area contributed by atoms with Crippen LogP contribution in [-0.4, -0.2) is 25.1 Å². The summed E-state index contributed by atoms with van der Waals surface area (Å²) in [4.78, 5) is 5.37. The van der Waals surface area contributed by atoms with Gasteiger partial charge in [0.25, 0.3) is 0 Å². The van der Waals surface area contributed by atoms with Crippen LogP contribution < -0.4 is 10.6 Å². The fraction of sp³-hybridized carbons (Fsp3) is 0.583. The third-order valence-electron chi connectivity index (χ3n) is 2.72. The van der Waals surface area contributed by atoms with Crippen molar-refractivity contribution in [3.8, 4) is 0 Å². The van der Waals surface area contributed by atoms with Crippen LogP contribution in [0.1, 0.15) is 19.4 Å². The molecule has 0 atom stereocenters. The fourth-order valence-electron chi connectivity index (χ4n) is 1.73. The molecule has 3 nitrogen and oxygen atoms in total. The summed E-state index contributed by atoms with van der Waals surface area (Å²) < 4.78 is 39.3. The lowest BCUT2D eigenvalue weighted by Crippen LogP contribution is -2.37. The van der Waals surface area contributed by atoms with E-state index in [2.05, 4.69) is 20.9 Å². The minimum atomic E-state index is -4.44. The van der Waals surface area contributed by atoms with Gasteiger partial charge in [-0.05, 0) is 34.0 Å². The molecule has 0 spiro atoms. The molecule has 108 valence electrons. The molecule has 19 heavy (non-hydrogen) atoms. The molecule has 0 radical (unpaired) electrons. The van der Waals surface area contributed by atoms with Crippen molar-refractivity contribution in [1.82, 2.24) is 4.98 Å². The van der Waals surface area contributed by atoms with E-state index >= 15 is 0 Å². The predicted molar refractivity (Wildman–Crippen MR) is 73.0 cm³/mol. The smallest absolute Gasteiger partial charge is 0.359 e.